The summed E-state index contributed by atoms with van der Waals surface area (Å²) in [7, 11) is 0. The fourth-order valence-corrected chi connectivity index (χ4v) is 3.01. The van der Waals surface area contributed by atoms with Crippen molar-refractivity contribution in [1.82, 2.24) is 5.32 Å². The predicted molar refractivity (Wildman–Crippen MR) is 85.3 cm³/mol. The molecule has 1 aromatic carbocycles. The molecule has 0 radical (unpaired) electrons. The molecular formula is C18H27NO2. The fourth-order valence-electron chi connectivity index (χ4n) is 3.01. The highest BCUT2D eigenvalue weighted by Gasteiger charge is 2.12. The Labute approximate surface area is 128 Å². The number of carbonyl (C=O) groups excluding carboxylic acids is 1. The number of carbonyl (C=O) groups is 1. The van der Waals surface area contributed by atoms with Gasteiger partial charge >= 0.3 is 6.09 Å². The van der Waals surface area contributed by atoms with Gasteiger partial charge in [-0.15, -0.1) is 0 Å². The quantitative estimate of drug-likeness (QED) is 0.759. The summed E-state index contributed by atoms with van der Waals surface area (Å²) in [5.74, 6) is 0.884. The van der Waals surface area contributed by atoms with Crippen LogP contribution in [0.1, 0.15) is 50.5 Å². The third-order valence-corrected chi connectivity index (χ3v) is 4.25. The van der Waals surface area contributed by atoms with E-state index in [9.17, 15) is 4.79 Å². The average Bonchev–Trinajstić information content (AvgIpc) is 2.54. The number of nitrogens with one attached hydrogen (secondary N) is 1. The Morgan fingerprint density at radius 1 is 1.14 bits per heavy atom. The Morgan fingerprint density at radius 2 is 1.90 bits per heavy atom. The molecule has 116 valence electrons. The molecule has 0 atom stereocenters. The van der Waals surface area contributed by atoms with E-state index in [2.05, 4.69) is 5.32 Å². The van der Waals surface area contributed by atoms with E-state index in [1.165, 1.54) is 44.1 Å². The number of hydrogen-bond acceptors (Lipinski definition) is 2. The Morgan fingerprint density at radius 3 is 2.67 bits per heavy atom. The summed E-state index contributed by atoms with van der Waals surface area (Å²) in [4.78, 5) is 11.6. The summed E-state index contributed by atoms with van der Waals surface area (Å²) in [6.45, 7) is 1.18. The molecule has 1 fully saturated rings. The molecule has 1 aliphatic rings. The largest absolute Gasteiger partial charge is 0.449 e. The molecule has 0 unspecified atom stereocenters. The van der Waals surface area contributed by atoms with Gasteiger partial charge in [-0.1, -0.05) is 62.4 Å². The van der Waals surface area contributed by atoms with Gasteiger partial charge in [-0.05, 0) is 24.3 Å². The lowest BCUT2D eigenvalue weighted by Crippen LogP contribution is -2.26. The first-order chi connectivity index (χ1) is 10.3. The van der Waals surface area contributed by atoms with Gasteiger partial charge < -0.3 is 10.1 Å². The molecule has 0 aliphatic heterocycles. The standard InChI is InChI=1S/C18H27NO2/c20-18(21-15-13-17-10-5-2-6-11-17)19-14-7-12-16-8-3-1-4-9-16/h2,5-6,10-11,16H,1,3-4,7-9,12-15H2,(H,19,20). The summed E-state index contributed by atoms with van der Waals surface area (Å²) in [5.41, 5.74) is 1.20. The van der Waals surface area contributed by atoms with E-state index in [0.29, 0.717) is 6.61 Å². The molecule has 3 nitrogen and oxygen atoms in total. The third kappa shape index (κ3) is 6.65. The second-order valence-electron chi connectivity index (χ2n) is 5.94. The first kappa shape index (κ1) is 15.9. The lowest BCUT2D eigenvalue weighted by molar-refractivity contribution is 0.147. The van der Waals surface area contributed by atoms with Crippen LogP contribution in [0, 0.1) is 5.92 Å². The van der Waals surface area contributed by atoms with Gasteiger partial charge in [-0.3, -0.25) is 0 Å². The number of hydrogen-bond donors (Lipinski definition) is 1. The van der Waals surface area contributed by atoms with Crippen molar-refractivity contribution >= 4 is 6.09 Å². The first-order valence-corrected chi connectivity index (χ1v) is 8.29. The van der Waals surface area contributed by atoms with Crippen molar-refractivity contribution in [3.63, 3.8) is 0 Å². The molecule has 21 heavy (non-hydrogen) atoms. The molecule has 1 saturated carbocycles. The van der Waals surface area contributed by atoms with E-state index in [0.717, 1.165) is 25.3 Å². The van der Waals surface area contributed by atoms with E-state index in [1.54, 1.807) is 0 Å². The first-order valence-electron chi connectivity index (χ1n) is 8.29. The minimum absolute atomic E-state index is 0.283. The number of amides is 1. The Kier molecular flexibility index (Phi) is 7.13. The van der Waals surface area contributed by atoms with E-state index in [-0.39, 0.29) is 6.09 Å². The van der Waals surface area contributed by atoms with Gasteiger partial charge in [-0.25, -0.2) is 4.79 Å². The maximum atomic E-state index is 11.6. The molecule has 1 amide bonds. The van der Waals surface area contributed by atoms with Crippen LogP contribution >= 0.6 is 0 Å². The highest BCUT2D eigenvalue weighted by atomic mass is 16.5. The monoisotopic (exact) mass is 289 g/mol. The van der Waals surface area contributed by atoms with Crippen molar-refractivity contribution in [3.8, 4) is 0 Å². The van der Waals surface area contributed by atoms with Crippen LogP contribution in [0.2, 0.25) is 0 Å². The number of ether oxygens (including phenoxy) is 1. The fraction of sp³-hybridized carbons (Fsp3) is 0.611. The number of alkyl carbamates (subject to hydrolysis) is 1. The maximum absolute atomic E-state index is 11.6. The van der Waals surface area contributed by atoms with Crippen molar-refractivity contribution in [2.75, 3.05) is 13.2 Å². The molecule has 0 bridgehead atoms. The molecule has 2 rings (SSSR count). The Balaban J connectivity index is 1.47. The van der Waals surface area contributed by atoms with Crippen molar-refractivity contribution in [1.29, 1.82) is 0 Å². The third-order valence-electron chi connectivity index (χ3n) is 4.25. The predicted octanol–water partition coefficient (Wildman–Crippen LogP) is 4.32. The van der Waals surface area contributed by atoms with E-state index in [4.69, 9.17) is 4.74 Å². The normalized spacial score (nSPS) is 15.6. The Bertz CT molecular complexity index is 399. The van der Waals surface area contributed by atoms with Crippen molar-refractivity contribution < 1.29 is 9.53 Å². The molecule has 1 N–H and O–H groups in total. The van der Waals surface area contributed by atoms with Crippen LogP contribution in [0.25, 0.3) is 0 Å². The summed E-state index contributed by atoms with van der Waals surface area (Å²) >= 11 is 0. The Hall–Kier alpha value is -1.51. The van der Waals surface area contributed by atoms with E-state index >= 15 is 0 Å². The second-order valence-corrected chi connectivity index (χ2v) is 5.94. The van der Waals surface area contributed by atoms with Crippen molar-refractivity contribution in [3.05, 3.63) is 35.9 Å². The van der Waals surface area contributed by atoms with Crippen LogP contribution < -0.4 is 5.32 Å². The van der Waals surface area contributed by atoms with Crippen LogP contribution in [0.15, 0.2) is 30.3 Å². The molecular weight excluding hydrogens is 262 g/mol. The summed E-state index contributed by atoms with van der Waals surface area (Å²) in [5, 5.41) is 2.85. The summed E-state index contributed by atoms with van der Waals surface area (Å²) in [6, 6.07) is 10.1. The second kappa shape index (κ2) is 9.43. The average molecular weight is 289 g/mol. The highest BCUT2D eigenvalue weighted by Crippen LogP contribution is 2.26. The van der Waals surface area contributed by atoms with E-state index in [1.807, 2.05) is 30.3 Å². The zero-order chi connectivity index (χ0) is 14.8. The van der Waals surface area contributed by atoms with E-state index < -0.39 is 0 Å². The molecule has 1 aliphatic carbocycles. The van der Waals surface area contributed by atoms with Crippen molar-refractivity contribution in [2.45, 2.75) is 51.4 Å². The number of benzene rings is 1. The maximum Gasteiger partial charge on any atom is 0.407 e. The molecule has 0 saturated heterocycles. The zero-order valence-electron chi connectivity index (χ0n) is 12.9. The molecule has 0 aromatic heterocycles. The SMILES string of the molecule is O=C(NCCCC1CCCCC1)OCCc1ccccc1. The van der Waals surface area contributed by atoms with Crippen LogP contribution in [-0.4, -0.2) is 19.2 Å². The lowest BCUT2D eigenvalue weighted by atomic mass is 9.86. The van der Waals surface area contributed by atoms with Gasteiger partial charge in [0.25, 0.3) is 0 Å². The van der Waals surface area contributed by atoms with Crippen LogP contribution in [-0.2, 0) is 11.2 Å². The summed E-state index contributed by atoms with van der Waals surface area (Å²) in [6.07, 6.45) is 9.73. The highest BCUT2D eigenvalue weighted by molar-refractivity contribution is 5.67. The topological polar surface area (TPSA) is 38.3 Å². The number of rotatable bonds is 7. The van der Waals surface area contributed by atoms with Gasteiger partial charge in [0.15, 0.2) is 0 Å². The van der Waals surface area contributed by atoms with Gasteiger partial charge in [0.2, 0.25) is 0 Å². The van der Waals surface area contributed by atoms with Gasteiger partial charge in [0, 0.05) is 13.0 Å². The molecule has 1 aromatic rings. The smallest absolute Gasteiger partial charge is 0.407 e. The molecule has 3 heteroatoms. The van der Waals surface area contributed by atoms with Crippen LogP contribution in [0.4, 0.5) is 4.79 Å². The molecule has 0 heterocycles. The van der Waals surface area contributed by atoms with Crippen molar-refractivity contribution in [2.24, 2.45) is 5.92 Å². The van der Waals surface area contributed by atoms with Gasteiger partial charge in [0.05, 0.1) is 6.61 Å². The lowest BCUT2D eigenvalue weighted by Gasteiger charge is -2.21. The van der Waals surface area contributed by atoms with Crippen LogP contribution in [0.5, 0.6) is 0 Å². The van der Waals surface area contributed by atoms with Gasteiger partial charge in [-0.2, -0.15) is 0 Å². The van der Waals surface area contributed by atoms with Crippen LogP contribution in [0.3, 0.4) is 0 Å². The summed E-state index contributed by atoms with van der Waals surface area (Å²) < 4.78 is 5.19. The minimum atomic E-state index is -0.283. The zero-order valence-corrected chi connectivity index (χ0v) is 12.9. The van der Waals surface area contributed by atoms with Gasteiger partial charge in [0.1, 0.15) is 0 Å². The molecule has 0 spiro atoms. The minimum Gasteiger partial charge on any atom is -0.449 e.